The number of hydrogen-bond donors (Lipinski definition) is 2. The van der Waals surface area contributed by atoms with Gasteiger partial charge in [0.05, 0.1) is 0 Å². The summed E-state index contributed by atoms with van der Waals surface area (Å²) in [7, 11) is 1.55. The van der Waals surface area contributed by atoms with E-state index in [1.54, 1.807) is 14.0 Å². The number of carbonyl (C=O) groups is 1. The average molecular weight is 214 g/mol. The molecule has 88 valence electrons. The summed E-state index contributed by atoms with van der Waals surface area (Å²) in [6.07, 6.45) is 4.49. The van der Waals surface area contributed by atoms with Crippen LogP contribution >= 0.6 is 0 Å². The van der Waals surface area contributed by atoms with Crippen LogP contribution in [0, 0.1) is 0 Å². The Balaban J connectivity index is 2.07. The van der Waals surface area contributed by atoms with Gasteiger partial charge in [0.25, 0.3) is 0 Å². The van der Waals surface area contributed by atoms with Crippen molar-refractivity contribution in [3.8, 4) is 0 Å². The smallest absolute Gasteiger partial charge is 0.248 e. The third-order valence-corrected chi connectivity index (χ3v) is 2.93. The minimum Gasteiger partial charge on any atom is -0.372 e. The lowest BCUT2D eigenvalue weighted by molar-refractivity contribution is -0.130. The molecule has 2 unspecified atom stereocenters. The first-order valence-electron chi connectivity index (χ1n) is 5.78. The Labute approximate surface area is 91.8 Å². The molecular formula is C11H22N2O2. The van der Waals surface area contributed by atoms with Gasteiger partial charge < -0.3 is 15.4 Å². The van der Waals surface area contributed by atoms with Crippen molar-refractivity contribution in [3.63, 3.8) is 0 Å². The maximum atomic E-state index is 11.4. The van der Waals surface area contributed by atoms with E-state index in [1.807, 2.05) is 0 Å². The largest absolute Gasteiger partial charge is 0.372 e. The second kappa shape index (κ2) is 6.80. The Morgan fingerprint density at radius 1 is 1.60 bits per heavy atom. The molecule has 0 aromatic heterocycles. The van der Waals surface area contributed by atoms with Crippen LogP contribution < -0.4 is 10.6 Å². The van der Waals surface area contributed by atoms with Crippen LogP contribution in [0.4, 0.5) is 0 Å². The summed E-state index contributed by atoms with van der Waals surface area (Å²) in [6, 6.07) is 0.580. The number of carbonyl (C=O) groups excluding carboxylic acids is 1. The van der Waals surface area contributed by atoms with Gasteiger partial charge in [-0.1, -0.05) is 6.42 Å². The van der Waals surface area contributed by atoms with Crippen molar-refractivity contribution in [2.24, 2.45) is 0 Å². The Morgan fingerprint density at radius 3 is 3.00 bits per heavy atom. The zero-order valence-electron chi connectivity index (χ0n) is 9.71. The molecule has 1 rings (SSSR count). The van der Waals surface area contributed by atoms with Crippen LogP contribution in [0.25, 0.3) is 0 Å². The molecule has 1 fully saturated rings. The minimum absolute atomic E-state index is 0.0201. The number of ether oxygens (including phenoxy) is 1. The van der Waals surface area contributed by atoms with Crippen LogP contribution in [-0.4, -0.2) is 38.3 Å². The summed E-state index contributed by atoms with van der Waals surface area (Å²) in [5, 5.41) is 6.33. The molecular weight excluding hydrogens is 192 g/mol. The van der Waals surface area contributed by atoms with E-state index in [0.717, 1.165) is 19.5 Å². The first kappa shape index (κ1) is 12.5. The van der Waals surface area contributed by atoms with E-state index in [2.05, 4.69) is 10.6 Å². The van der Waals surface area contributed by atoms with Gasteiger partial charge in [-0.3, -0.25) is 4.79 Å². The average Bonchev–Trinajstić information content (AvgIpc) is 2.29. The van der Waals surface area contributed by atoms with Gasteiger partial charge in [0.15, 0.2) is 0 Å². The van der Waals surface area contributed by atoms with Crippen molar-refractivity contribution in [3.05, 3.63) is 0 Å². The van der Waals surface area contributed by atoms with E-state index >= 15 is 0 Å². The zero-order valence-corrected chi connectivity index (χ0v) is 9.71. The van der Waals surface area contributed by atoms with Gasteiger partial charge in [0.2, 0.25) is 5.91 Å². The molecule has 2 N–H and O–H groups in total. The maximum absolute atomic E-state index is 11.4. The van der Waals surface area contributed by atoms with Crippen molar-refractivity contribution in [2.45, 2.75) is 44.8 Å². The maximum Gasteiger partial charge on any atom is 0.248 e. The Bertz CT molecular complexity index is 191. The van der Waals surface area contributed by atoms with Gasteiger partial charge in [-0.15, -0.1) is 0 Å². The highest BCUT2D eigenvalue weighted by Gasteiger charge is 2.14. The Morgan fingerprint density at radius 2 is 2.40 bits per heavy atom. The molecule has 0 radical (unpaired) electrons. The van der Waals surface area contributed by atoms with Crippen molar-refractivity contribution in [1.82, 2.24) is 10.6 Å². The van der Waals surface area contributed by atoms with Gasteiger partial charge in [-0.2, -0.15) is 0 Å². The topological polar surface area (TPSA) is 50.4 Å². The van der Waals surface area contributed by atoms with Crippen molar-refractivity contribution >= 4 is 5.91 Å². The molecule has 1 saturated heterocycles. The summed E-state index contributed by atoms with van der Waals surface area (Å²) in [5.74, 6) is -0.0201. The number of methoxy groups -OCH3 is 1. The fourth-order valence-electron chi connectivity index (χ4n) is 1.79. The predicted octanol–water partition coefficient (Wildman–Crippen LogP) is 0.670. The normalized spacial score (nSPS) is 23.5. The number of nitrogens with one attached hydrogen (secondary N) is 2. The fourth-order valence-corrected chi connectivity index (χ4v) is 1.79. The predicted molar refractivity (Wildman–Crippen MR) is 59.7 cm³/mol. The standard InChI is InChI=1S/C11H22N2O2/c1-9(15-2)11(14)13-8-6-10-5-3-4-7-12-10/h9-10,12H,3-8H2,1-2H3,(H,13,14). The lowest BCUT2D eigenvalue weighted by atomic mass is 10.0. The molecule has 0 aromatic carbocycles. The number of rotatable bonds is 5. The van der Waals surface area contributed by atoms with E-state index in [0.29, 0.717) is 6.04 Å². The first-order chi connectivity index (χ1) is 7.24. The van der Waals surface area contributed by atoms with Crippen LogP contribution in [0.15, 0.2) is 0 Å². The molecule has 4 heteroatoms. The second-order valence-electron chi connectivity index (χ2n) is 4.10. The molecule has 0 aromatic rings. The van der Waals surface area contributed by atoms with Crippen LogP contribution in [0.1, 0.15) is 32.6 Å². The minimum atomic E-state index is -0.343. The lowest BCUT2D eigenvalue weighted by Gasteiger charge is -2.23. The molecule has 4 nitrogen and oxygen atoms in total. The van der Waals surface area contributed by atoms with E-state index < -0.39 is 0 Å². The SMILES string of the molecule is COC(C)C(=O)NCCC1CCCCN1. The highest BCUT2D eigenvalue weighted by Crippen LogP contribution is 2.09. The molecule has 1 amide bonds. The molecule has 2 atom stereocenters. The number of hydrogen-bond acceptors (Lipinski definition) is 3. The molecule has 1 heterocycles. The van der Waals surface area contributed by atoms with E-state index in [4.69, 9.17) is 4.74 Å². The highest BCUT2D eigenvalue weighted by atomic mass is 16.5. The molecule has 1 aliphatic rings. The van der Waals surface area contributed by atoms with Crippen LogP contribution in [-0.2, 0) is 9.53 Å². The highest BCUT2D eigenvalue weighted by molar-refractivity contribution is 5.80. The van der Waals surface area contributed by atoms with Gasteiger partial charge in [0, 0.05) is 19.7 Å². The molecule has 15 heavy (non-hydrogen) atoms. The monoisotopic (exact) mass is 214 g/mol. The van der Waals surface area contributed by atoms with Crippen LogP contribution in [0.3, 0.4) is 0 Å². The summed E-state index contributed by atoms with van der Waals surface area (Å²) in [4.78, 5) is 11.4. The van der Waals surface area contributed by atoms with Crippen molar-refractivity contribution < 1.29 is 9.53 Å². The quantitative estimate of drug-likeness (QED) is 0.707. The van der Waals surface area contributed by atoms with Gasteiger partial charge in [-0.25, -0.2) is 0 Å². The Hall–Kier alpha value is -0.610. The zero-order chi connectivity index (χ0) is 11.1. The summed E-state index contributed by atoms with van der Waals surface area (Å²) >= 11 is 0. The molecule has 0 bridgehead atoms. The summed E-state index contributed by atoms with van der Waals surface area (Å²) in [5.41, 5.74) is 0. The fraction of sp³-hybridized carbons (Fsp3) is 0.909. The first-order valence-corrected chi connectivity index (χ1v) is 5.78. The van der Waals surface area contributed by atoms with Gasteiger partial charge in [0.1, 0.15) is 6.10 Å². The summed E-state index contributed by atoms with van der Waals surface area (Å²) in [6.45, 7) is 3.62. The molecule has 0 saturated carbocycles. The number of piperidine rings is 1. The Kier molecular flexibility index (Phi) is 5.65. The molecule has 1 aliphatic heterocycles. The van der Waals surface area contributed by atoms with Crippen molar-refractivity contribution in [2.75, 3.05) is 20.2 Å². The number of amides is 1. The van der Waals surface area contributed by atoms with Crippen LogP contribution in [0.5, 0.6) is 0 Å². The molecule has 0 spiro atoms. The van der Waals surface area contributed by atoms with E-state index in [9.17, 15) is 4.79 Å². The second-order valence-corrected chi connectivity index (χ2v) is 4.10. The van der Waals surface area contributed by atoms with Gasteiger partial charge in [-0.05, 0) is 32.7 Å². The van der Waals surface area contributed by atoms with Crippen LogP contribution in [0.2, 0.25) is 0 Å². The van der Waals surface area contributed by atoms with Gasteiger partial charge >= 0.3 is 0 Å². The third-order valence-electron chi connectivity index (χ3n) is 2.93. The van der Waals surface area contributed by atoms with E-state index in [1.165, 1.54) is 19.3 Å². The van der Waals surface area contributed by atoms with Crippen molar-refractivity contribution in [1.29, 1.82) is 0 Å². The molecule has 0 aliphatic carbocycles. The van der Waals surface area contributed by atoms with E-state index in [-0.39, 0.29) is 12.0 Å². The lowest BCUT2D eigenvalue weighted by Crippen LogP contribution is -2.39. The third kappa shape index (κ3) is 4.62. The summed E-state index contributed by atoms with van der Waals surface area (Å²) < 4.78 is 4.93.